The van der Waals surface area contributed by atoms with Gasteiger partial charge in [-0.25, -0.2) is 0 Å². The molecule has 0 bridgehead atoms. The number of anilines is 2. The third-order valence-corrected chi connectivity index (χ3v) is 14.0. The molecular formula is C62H44N10O2Pt2-4. The Morgan fingerprint density at radius 3 is 1.21 bits per heavy atom. The van der Waals surface area contributed by atoms with Crippen LogP contribution in [0.3, 0.4) is 0 Å². The predicted molar refractivity (Wildman–Crippen MR) is 284 cm³/mol. The van der Waals surface area contributed by atoms with Gasteiger partial charge < -0.3 is 48.3 Å². The van der Waals surface area contributed by atoms with E-state index in [-0.39, 0.29) is 42.1 Å². The van der Waals surface area contributed by atoms with Crippen molar-refractivity contribution in [2.75, 3.05) is 36.0 Å². The van der Waals surface area contributed by atoms with Gasteiger partial charge in [-0.2, -0.15) is 12.1 Å². The smallest absolute Gasteiger partial charge is 0.268 e. The van der Waals surface area contributed by atoms with E-state index >= 15 is 0 Å². The first kappa shape index (κ1) is 48.9. The molecule has 14 heteroatoms. The minimum Gasteiger partial charge on any atom is -0.509 e. The van der Waals surface area contributed by atoms with E-state index in [0.717, 1.165) is 59.6 Å². The Balaban J connectivity index is 0.00000291. The van der Waals surface area contributed by atoms with Gasteiger partial charge in [-0.3, -0.25) is 9.13 Å². The standard InChI is InChI=1S/C62H44N10O2.2Pt/c1-3-15-45-31-61(59(29-43(45)13-1)67-25-9-10-26-67)71-41-69(55-17-5-7-19-57(55)71)47-33-51(39-63-37-47)73-49-21-23-65-53(35-49)54-36-50(22-24-66-54)74-52-34-48(38-64-40-52)70-42-72(58-20-8-6-18-56(58)70)62-32-46-16-4-2-14-44(46)30-60(62)68-27-11-12-28-68;;/h1-8,13-24,29-32,37-40H,9-12,25-28H2;;/q-4;;. The number of rotatable bonds is 11. The van der Waals surface area contributed by atoms with E-state index in [1.165, 1.54) is 58.6 Å². The first-order valence-electron chi connectivity index (χ1n) is 25.0. The van der Waals surface area contributed by atoms with Gasteiger partial charge in [0.1, 0.15) is 0 Å². The van der Waals surface area contributed by atoms with Crippen LogP contribution < -0.4 is 28.4 Å². The Kier molecular flexibility index (Phi) is 13.5. The van der Waals surface area contributed by atoms with Gasteiger partial charge in [0.05, 0.1) is 44.8 Å². The summed E-state index contributed by atoms with van der Waals surface area (Å²) in [7, 11) is 0. The maximum atomic E-state index is 6.38. The van der Waals surface area contributed by atoms with E-state index in [9.17, 15) is 0 Å². The summed E-state index contributed by atoms with van der Waals surface area (Å²) in [5, 5.41) is 4.77. The van der Waals surface area contributed by atoms with Crippen molar-refractivity contribution >= 4 is 55.0 Å². The molecule has 0 spiro atoms. The number of nitrogens with zero attached hydrogens (tertiary/aromatic N) is 10. The second-order valence-electron chi connectivity index (χ2n) is 18.6. The molecule has 0 atom stereocenters. The molecule has 2 aliphatic rings. The molecule has 12 nitrogen and oxygen atoms in total. The number of imidazole rings is 2. The molecule has 0 aliphatic carbocycles. The van der Waals surface area contributed by atoms with Crippen LogP contribution in [-0.2, 0) is 42.1 Å². The first-order chi connectivity index (χ1) is 36.6. The van der Waals surface area contributed by atoms with Crippen LogP contribution in [0.25, 0.3) is 77.7 Å². The van der Waals surface area contributed by atoms with Gasteiger partial charge in [0.15, 0.2) is 0 Å². The topological polar surface area (TPSA) is 94.1 Å². The summed E-state index contributed by atoms with van der Waals surface area (Å²) < 4.78 is 21.0. The van der Waals surface area contributed by atoms with Crippen LogP contribution in [0.4, 0.5) is 11.4 Å². The molecule has 8 heterocycles. The second-order valence-corrected chi connectivity index (χ2v) is 18.6. The van der Waals surface area contributed by atoms with Crippen molar-refractivity contribution in [3.63, 3.8) is 0 Å². The minimum atomic E-state index is 0. The van der Waals surface area contributed by atoms with Gasteiger partial charge in [0.25, 0.3) is 12.7 Å². The number of hydrogen-bond donors (Lipinski definition) is 0. The minimum absolute atomic E-state index is 0. The number of aromatic nitrogens is 8. The van der Waals surface area contributed by atoms with Crippen molar-refractivity contribution in [2.24, 2.45) is 0 Å². The molecule has 2 fully saturated rings. The normalized spacial score (nSPS) is 13.4. The second kappa shape index (κ2) is 20.9. The van der Waals surface area contributed by atoms with Gasteiger partial charge in [0.2, 0.25) is 0 Å². The van der Waals surface area contributed by atoms with Gasteiger partial charge in [-0.15, -0.1) is 35.7 Å². The SMILES string of the molecule is [Pt].[Pt].[c-]1c(Oc2[c-]c(-c3[c-]c(Oc4[c-]c(-[n+]5[c-]n(-c6cc7ccccc7cc6N6CCCC6)c6ccccc65)cnc4)ccn3)ncc2)cncc1-[n+]1[c-]n(-c2cc3ccccc3cc2N2CCCC2)c2ccccc21. The molecule has 0 N–H and O–H groups in total. The molecule has 14 rings (SSSR count). The maximum absolute atomic E-state index is 6.38. The fourth-order valence-corrected chi connectivity index (χ4v) is 10.4. The molecule has 0 saturated carbocycles. The zero-order chi connectivity index (χ0) is 49.0. The van der Waals surface area contributed by atoms with Crippen LogP contribution in [0, 0.1) is 36.9 Å². The fourth-order valence-electron chi connectivity index (χ4n) is 10.4. The molecule has 0 radical (unpaired) electrons. The Morgan fingerprint density at radius 1 is 0.408 bits per heavy atom. The zero-order valence-electron chi connectivity index (χ0n) is 40.7. The Labute approximate surface area is 468 Å². The maximum Gasteiger partial charge on any atom is 0.268 e. The molecule has 2 aliphatic heterocycles. The van der Waals surface area contributed by atoms with Crippen LogP contribution in [-0.4, -0.2) is 55.2 Å². The van der Waals surface area contributed by atoms with Crippen LogP contribution in [0.5, 0.6) is 23.0 Å². The van der Waals surface area contributed by atoms with Gasteiger partial charge in [0, 0.05) is 91.3 Å². The van der Waals surface area contributed by atoms with Crippen molar-refractivity contribution in [1.82, 2.24) is 29.1 Å². The first-order valence-corrected chi connectivity index (χ1v) is 25.0. The number of para-hydroxylation sites is 4. The van der Waals surface area contributed by atoms with E-state index in [2.05, 4.69) is 185 Å². The quantitative estimate of drug-likeness (QED) is 0.0934. The molecule has 12 aromatic rings. The van der Waals surface area contributed by atoms with Crippen molar-refractivity contribution < 1.29 is 60.7 Å². The molecule has 6 aromatic carbocycles. The van der Waals surface area contributed by atoms with Crippen LogP contribution in [0.2, 0.25) is 0 Å². The third-order valence-electron chi connectivity index (χ3n) is 14.0. The molecule has 0 unspecified atom stereocenters. The summed E-state index contributed by atoms with van der Waals surface area (Å²) in [6, 6.07) is 59.7. The van der Waals surface area contributed by atoms with Gasteiger partial charge in [-0.1, -0.05) is 109 Å². The van der Waals surface area contributed by atoms with E-state index in [1.807, 2.05) is 21.3 Å². The van der Waals surface area contributed by atoms with Gasteiger partial charge in [-0.05, 0) is 108 Å². The Hall–Kier alpha value is -8.04. The summed E-state index contributed by atoms with van der Waals surface area (Å²) in [5.74, 6) is 1.61. The largest absolute Gasteiger partial charge is 0.509 e. The number of ether oxygens (including phenoxy) is 2. The summed E-state index contributed by atoms with van der Waals surface area (Å²) in [4.78, 5) is 23.3. The molecule has 76 heavy (non-hydrogen) atoms. The predicted octanol–water partition coefficient (Wildman–Crippen LogP) is 11.3. The molecule has 0 amide bonds. The number of hydrogen-bond acceptors (Lipinski definition) is 8. The molecular weight excluding hydrogens is 1310 g/mol. The Bertz CT molecular complexity index is 3850. The van der Waals surface area contributed by atoms with Crippen LogP contribution >= 0.6 is 0 Å². The number of benzene rings is 6. The monoisotopic (exact) mass is 1350 g/mol. The summed E-state index contributed by atoms with van der Waals surface area (Å²) in [6.07, 6.45) is 22.1. The Morgan fingerprint density at radius 2 is 0.789 bits per heavy atom. The molecule has 378 valence electrons. The van der Waals surface area contributed by atoms with E-state index in [4.69, 9.17) is 9.47 Å². The van der Waals surface area contributed by atoms with Crippen molar-refractivity contribution in [1.29, 1.82) is 0 Å². The average Bonchev–Trinajstić information content (AvgIpc) is 4.37. The number of fused-ring (bicyclic) bond motifs is 4. The summed E-state index contributed by atoms with van der Waals surface area (Å²) >= 11 is 0. The third kappa shape index (κ3) is 9.20. The molecule has 6 aromatic heterocycles. The van der Waals surface area contributed by atoms with Crippen LogP contribution in [0.15, 0.2) is 171 Å². The number of pyridine rings is 4. The van der Waals surface area contributed by atoms with E-state index < -0.39 is 0 Å². The van der Waals surface area contributed by atoms with Crippen molar-refractivity contribution in [2.45, 2.75) is 25.7 Å². The van der Waals surface area contributed by atoms with E-state index in [0.29, 0.717) is 45.8 Å². The van der Waals surface area contributed by atoms with Crippen LogP contribution in [0.1, 0.15) is 25.7 Å². The van der Waals surface area contributed by atoms with Crippen molar-refractivity contribution in [3.8, 4) is 57.1 Å². The summed E-state index contributed by atoms with van der Waals surface area (Å²) in [6.45, 7) is 4.09. The fraction of sp³-hybridized carbons (Fsp3) is 0.129. The zero-order valence-corrected chi connectivity index (χ0v) is 45.3. The van der Waals surface area contributed by atoms with E-state index in [1.54, 1.807) is 49.3 Å². The summed E-state index contributed by atoms with van der Waals surface area (Å²) in [5.41, 5.74) is 10.6. The van der Waals surface area contributed by atoms with Crippen molar-refractivity contribution in [3.05, 3.63) is 208 Å². The molecule has 2 saturated heterocycles. The average molecular weight is 1350 g/mol. The van der Waals surface area contributed by atoms with Gasteiger partial charge >= 0.3 is 0 Å².